The Kier molecular flexibility index (Phi) is 10.6. The van der Waals surface area contributed by atoms with Crippen LogP contribution in [0.4, 0.5) is 33.5 Å². The number of nitrogens with zero attached hydrogens (tertiary/aromatic N) is 8. The maximum atomic E-state index is 15.1. The zero-order valence-corrected chi connectivity index (χ0v) is 32.3. The summed E-state index contributed by atoms with van der Waals surface area (Å²) in [5.41, 5.74) is 5.24. The van der Waals surface area contributed by atoms with E-state index in [0.717, 1.165) is 50.9 Å². The summed E-state index contributed by atoms with van der Waals surface area (Å²) in [6.45, 7) is 5.29. The van der Waals surface area contributed by atoms with Gasteiger partial charge >= 0.3 is 12.2 Å². The van der Waals surface area contributed by atoms with Gasteiger partial charge in [-0.1, -0.05) is 18.0 Å². The number of hydrogen-bond donors (Lipinski definition) is 1. The summed E-state index contributed by atoms with van der Waals surface area (Å²) in [6.07, 6.45) is 0.551. The predicted molar refractivity (Wildman–Crippen MR) is 198 cm³/mol. The van der Waals surface area contributed by atoms with Gasteiger partial charge in [-0.25, -0.2) is 8.78 Å². The number of halogens is 6. The molecule has 12 nitrogen and oxygen atoms in total. The first kappa shape index (κ1) is 39.0. The lowest BCUT2D eigenvalue weighted by Gasteiger charge is -2.57. The zero-order chi connectivity index (χ0) is 39.5. The van der Waals surface area contributed by atoms with Crippen molar-refractivity contribution in [2.24, 2.45) is 0 Å². The molecular weight excluding hydrogens is 761 g/mol. The molecule has 2 aromatic heterocycles. The highest BCUT2D eigenvalue weighted by molar-refractivity contribution is 6.34. The van der Waals surface area contributed by atoms with Crippen LogP contribution in [-0.4, -0.2) is 112 Å². The van der Waals surface area contributed by atoms with E-state index >= 15 is 4.39 Å². The van der Waals surface area contributed by atoms with Crippen LogP contribution in [0.3, 0.4) is 0 Å². The van der Waals surface area contributed by atoms with Crippen LogP contribution in [0.25, 0.3) is 0 Å². The largest absolute Gasteiger partial charge is 0.467 e. The molecule has 1 amide bonds. The van der Waals surface area contributed by atoms with Crippen molar-refractivity contribution < 1.29 is 36.2 Å². The van der Waals surface area contributed by atoms with Gasteiger partial charge in [-0.3, -0.25) is 19.3 Å². The fraction of sp³-hybridized carbons (Fsp3) is 0.632. The van der Waals surface area contributed by atoms with Gasteiger partial charge in [0.2, 0.25) is 0 Å². The van der Waals surface area contributed by atoms with E-state index in [4.69, 9.17) is 26.8 Å². The molecule has 0 saturated carbocycles. The molecule has 4 fully saturated rings. The van der Waals surface area contributed by atoms with Crippen molar-refractivity contribution in [3.05, 3.63) is 56.7 Å². The van der Waals surface area contributed by atoms with E-state index in [-0.39, 0.29) is 47.7 Å². The summed E-state index contributed by atoms with van der Waals surface area (Å²) in [5.74, 6) is -0.910. The number of methoxy groups -OCH3 is 1. The Labute approximate surface area is 327 Å². The highest BCUT2D eigenvalue weighted by Gasteiger charge is 2.50. The summed E-state index contributed by atoms with van der Waals surface area (Å²) in [7, 11) is 3.50. The number of hydrogen-bond acceptors (Lipinski definition) is 10. The number of alkyl halides is 4. The minimum Gasteiger partial charge on any atom is -0.467 e. The van der Waals surface area contributed by atoms with Gasteiger partial charge in [0.1, 0.15) is 12.0 Å². The Bertz CT molecular complexity index is 1960. The number of nitrogen functional groups attached to an aromatic ring is 1. The normalized spacial score (nSPS) is 24.8. The molecule has 0 bridgehead atoms. The molecule has 0 radical (unpaired) electrons. The van der Waals surface area contributed by atoms with Crippen LogP contribution >= 0.6 is 11.6 Å². The SMILES string of the molecule is COc1nc2c(c(N3CCCn4nc(C(=O)N5CC6(CCCCN6C)C5)c(Cl)c4C3)n1)COC(c1c(C(F)(F)F)ccc(N)c1F)C2.FC1CC2CCCN2C1. The maximum Gasteiger partial charge on any atom is 0.416 e. The van der Waals surface area contributed by atoms with E-state index in [1.165, 1.54) is 20.0 Å². The van der Waals surface area contributed by atoms with Gasteiger partial charge in [-0.05, 0) is 70.8 Å². The Hall–Kier alpha value is -3.80. The molecule has 6 aliphatic rings. The third-order valence-electron chi connectivity index (χ3n) is 12.4. The number of likely N-dealkylation sites (tertiary alicyclic amines) is 2. The van der Waals surface area contributed by atoms with Crippen molar-refractivity contribution in [2.45, 2.75) is 101 Å². The van der Waals surface area contributed by atoms with Gasteiger partial charge in [0.15, 0.2) is 11.5 Å². The molecule has 56 heavy (non-hydrogen) atoms. The molecule has 3 atom stereocenters. The number of rotatable bonds is 4. The Morgan fingerprint density at radius 3 is 2.62 bits per heavy atom. The fourth-order valence-electron chi connectivity index (χ4n) is 9.35. The van der Waals surface area contributed by atoms with Gasteiger partial charge in [0, 0.05) is 56.3 Å². The summed E-state index contributed by atoms with van der Waals surface area (Å²) in [4.78, 5) is 31.0. The van der Waals surface area contributed by atoms with E-state index in [1.807, 2.05) is 4.90 Å². The Morgan fingerprint density at radius 1 is 1.09 bits per heavy atom. The van der Waals surface area contributed by atoms with Crippen molar-refractivity contribution in [3.63, 3.8) is 0 Å². The van der Waals surface area contributed by atoms with Crippen LogP contribution in [0, 0.1) is 5.82 Å². The van der Waals surface area contributed by atoms with Crippen molar-refractivity contribution in [2.75, 3.05) is 64.1 Å². The number of amides is 1. The predicted octanol–water partition coefficient (Wildman–Crippen LogP) is 5.80. The molecule has 18 heteroatoms. The average Bonchev–Trinajstić information content (AvgIpc) is 3.78. The summed E-state index contributed by atoms with van der Waals surface area (Å²) in [5, 5.41) is 4.92. The zero-order valence-electron chi connectivity index (χ0n) is 31.6. The Balaban J connectivity index is 0.000000427. The lowest BCUT2D eigenvalue weighted by Crippen LogP contribution is -2.71. The Morgan fingerprint density at radius 2 is 1.89 bits per heavy atom. The first-order valence-electron chi connectivity index (χ1n) is 19.4. The molecular formula is C38H47ClF5N9O3. The van der Waals surface area contributed by atoms with Crippen LogP contribution in [0.5, 0.6) is 6.01 Å². The topological polar surface area (TPSA) is 118 Å². The number of anilines is 2. The number of carbonyl (C=O) groups excluding carboxylic acids is 1. The van der Waals surface area contributed by atoms with Crippen LogP contribution in [-0.2, 0) is 37.0 Å². The summed E-state index contributed by atoms with van der Waals surface area (Å²) < 4.78 is 82.4. The van der Waals surface area contributed by atoms with Gasteiger partial charge in [0.25, 0.3) is 5.91 Å². The molecule has 2 N–H and O–H groups in total. The minimum atomic E-state index is -4.82. The standard InChI is InChI=1S/C31H35ClF4N8O3.C7H12FN/c1-41-9-4-3-8-30(41)15-43(16-30)28(45)26-24(32)21-13-42(10-5-11-44(21)40-26)27-17-14-47-22(12-20(17)38-29(39-27)46-2)23-18(31(34,35)36)6-7-19(37)25(23)33;8-6-4-7-2-1-3-9(7)5-6/h6-7,22H,3-5,8-16,37H2,1-2H3;6-7H,1-5H2. The molecule has 304 valence electrons. The van der Waals surface area contributed by atoms with Crippen LogP contribution in [0.15, 0.2) is 12.1 Å². The minimum absolute atomic E-state index is 0.00241. The molecule has 4 saturated heterocycles. The molecule has 3 aromatic rings. The van der Waals surface area contributed by atoms with Crippen LogP contribution < -0.4 is 15.4 Å². The summed E-state index contributed by atoms with van der Waals surface area (Å²) in [6, 6.07) is 2.27. The number of aryl methyl sites for hydroxylation is 1. The van der Waals surface area contributed by atoms with E-state index in [0.29, 0.717) is 68.0 Å². The van der Waals surface area contributed by atoms with E-state index in [1.54, 1.807) is 9.58 Å². The van der Waals surface area contributed by atoms with Gasteiger partial charge in [0.05, 0.1) is 59.6 Å². The lowest BCUT2D eigenvalue weighted by molar-refractivity contribution is -0.140. The molecule has 8 heterocycles. The molecule has 1 aromatic carbocycles. The number of ether oxygens (including phenoxy) is 2. The molecule has 3 unspecified atom stereocenters. The van der Waals surface area contributed by atoms with Gasteiger partial charge < -0.3 is 25.0 Å². The first-order valence-corrected chi connectivity index (χ1v) is 19.7. The second-order valence-electron chi connectivity index (χ2n) is 15.9. The number of benzene rings is 1. The highest BCUT2D eigenvalue weighted by Crippen LogP contribution is 2.44. The molecule has 0 aliphatic carbocycles. The van der Waals surface area contributed by atoms with Crippen molar-refractivity contribution in [1.29, 1.82) is 0 Å². The molecule has 9 rings (SSSR count). The van der Waals surface area contributed by atoms with Crippen LogP contribution in [0.2, 0.25) is 5.02 Å². The fourth-order valence-corrected chi connectivity index (χ4v) is 9.63. The number of likely N-dealkylation sites (N-methyl/N-ethyl adjacent to an activating group) is 1. The quantitative estimate of drug-likeness (QED) is 0.256. The number of fused-ring (bicyclic) bond motifs is 3. The third-order valence-corrected chi connectivity index (χ3v) is 12.8. The third kappa shape index (κ3) is 7.17. The van der Waals surface area contributed by atoms with Gasteiger partial charge in [-0.15, -0.1) is 0 Å². The first-order chi connectivity index (χ1) is 26.8. The number of aromatic nitrogens is 4. The van der Waals surface area contributed by atoms with Crippen LogP contribution in [0.1, 0.15) is 89.6 Å². The van der Waals surface area contributed by atoms with Crippen molar-refractivity contribution in [1.82, 2.24) is 34.4 Å². The molecule has 6 aliphatic heterocycles. The second kappa shape index (κ2) is 15.2. The van der Waals surface area contributed by atoms with E-state index in [2.05, 4.69) is 31.9 Å². The second-order valence-corrected chi connectivity index (χ2v) is 16.3. The number of nitrogens with two attached hydrogens (primary N) is 1. The average molecular weight is 808 g/mol. The van der Waals surface area contributed by atoms with E-state index in [9.17, 15) is 22.4 Å². The summed E-state index contributed by atoms with van der Waals surface area (Å²) >= 11 is 6.87. The smallest absolute Gasteiger partial charge is 0.416 e. The van der Waals surface area contributed by atoms with E-state index < -0.39 is 41.1 Å². The van der Waals surface area contributed by atoms with Crippen molar-refractivity contribution >= 4 is 29.0 Å². The monoisotopic (exact) mass is 807 g/mol. The number of carbonyl (C=O) groups is 1. The molecule has 1 spiro atoms. The van der Waals surface area contributed by atoms with Gasteiger partial charge in [-0.2, -0.15) is 28.2 Å². The van der Waals surface area contributed by atoms with Crippen molar-refractivity contribution in [3.8, 4) is 6.01 Å². The highest BCUT2D eigenvalue weighted by atomic mass is 35.5. The maximum absolute atomic E-state index is 15.1. The number of piperidine rings is 1. The lowest BCUT2D eigenvalue weighted by atomic mass is 9.80.